The molecule has 0 fully saturated rings. The fraction of sp³-hybridized carbons (Fsp3) is 0.273. The first-order valence-electron chi connectivity index (χ1n) is 5.04. The number of anilines is 1. The Balaban J connectivity index is 2.53. The van der Waals surface area contributed by atoms with E-state index in [0.717, 1.165) is 10.5 Å². The normalized spacial score (nSPS) is 9.76. The predicted octanol–water partition coefficient (Wildman–Crippen LogP) is 1.12. The summed E-state index contributed by atoms with van der Waals surface area (Å²) in [6.45, 7) is 1.91. The van der Waals surface area contributed by atoms with Crippen molar-refractivity contribution in [2.24, 2.45) is 0 Å². The van der Waals surface area contributed by atoms with E-state index in [0.29, 0.717) is 5.69 Å². The minimum atomic E-state index is -0.507. The Morgan fingerprint density at radius 3 is 2.76 bits per heavy atom. The second kappa shape index (κ2) is 6.15. The third kappa shape index (κ3) is 3.99. The number of hydrogen-bond donors (Lipinski definition) is 3. The topological polar surface area (TPSA) is 84.2 Å². The molecule has 0 aromatic heterocycles. The fourth-order valence-electron chi connectivity index (χ4n) is 1.15. The first-order chi connectivity index (χ1) is 8.04. The van der Waals surface area contributed by atoms with E-state index in [4.69, 9.17) is 5.73 Å². The van der Waals surface area contributed by atoms with Gasteiger partial charge in [0, 0.05) is 17.6 Å². The zero-order valence-electron chi connectivity index (χ0n) is 9.74. The molecule has 0 bridgehead atoms. The highest BCUT2D eigenvalue weighted by atomic mass is 32.2. The second-order valence-electron chi connectivity index (χ2n) is 3.40. The fourth-order valence-corrected chi connectivity index (χ4v) is 2.00. The maximum Gasteiger partial charge on any atom is 0.321 e. The standard InChI is InChI=1S/C11H15N3O2S/c1-7-4-3-5-8(10(7)12)17-6-9(15)14-11(16)13-2/h3-5H,6,12H2,1-2H3,(H2,13,14,15,16). The summed E-state index contributed by atoms with van der Waals surface area (Å²) in [5, 5.41) is 4.49. The van der Waals surface area contributed by atoms with Crippen LogP contribution in [0.25, 0.3) is 0 Å². The summed E-state index contributed by atoms with van der Waals surface area (Å²) in [6.07, 6.45) is 0. The van der Waals surface area contributed by atoms with Crippen LogP contribution in [0.1, 0.15) is 5.56 Å². The number of rotatable bonds is 3. The van der Waals surface area contributed by atoms with Gasteiger partial charge in [0.2, 0.25) is 5.91 Å². The lowest BCUT2D eigenvalue weighted by Crippen LogP contribution is -2.38. The highest BCUT2D eigenvalue weighted by Crippen LogP contribution is 2.26. The minimum Gasteiger partial charge on any atom is -0.398 e. The number of thioether (sulfide) groups is 1. The molecule has 5 nitrogen and oxygen atoms in total. The van der Waals surface area contributed by atoms with Crippen LogP contribution < -0.4 is 16.4 Å². The second-order valence-corrected chi connectivity index (χ2v) is 4.42. The van der Waals surface area contributed by atoms with Gasteiger partial charge in [-0.1, -0.05) is 12.1 Å². The molecule has 0 aliphatic heterocycles. The van der Waals surface area contributed by atoms with Crippen LogP contribution >= 0.6 is 11.8 Å². The van der Waals surface area contributed by atoms with Crippen molar-refractivity contribution < 1.29 is 9.59 Å². The van der Waals surface area contributed by atoms with Crippen molar-refractivity contribution >= 4 is 29.4 Å². The summed E-state index contributed by atoms with van der Waals surface area (Å²) < 4.78 is 0. The smallest absolute Gasteiger partial charge is 0.321 e. The maximum absolute atomic E-state index is 11.3. The van der Waals surface area contributed by atoms with E-state index >= 15 is 0 Å². The molecular formula is C11H15N3O2S. The average Bonchev–Trinajstić information content (AvgIpc) is 2.31. The molecule has 17 heavy (non-hydrogen) atoms. The number of benzene rings is 1. The Morgan fingerprint density at radius 1 is 1.41 bits per heavy atom. The Bertz CT molecular complexity index is 435. The van der Waals surface area contributed by atoms with Gasteiger partial charge in [-0.15, -0.1) is 11.8 Å². The van der Waals surface area contributed by atoms with Gasteiger partial charge in [-0.2, -0.15) is 0 Å². The van der Waals surface area contributed by atoms with E-state index in [1.165, 1.54) is 18.8 Å². The van der Waals surface area contributed by atoms with Crippen LogP contribution in [0, 0.1) is 6.92 Å². The number of aryl methyl sites for hydroxylation is 1. The highest BCUT2D eigenvalue weighted by molar-refractivity contribution is 8.00. The van der Waals surface area contributed by atoms with E-state index in [9.17, 15) is 9.59 Å². The summed E-state index contributed by atoms with van der Waals surface area (Å²) >= 11 is 1.30. The molecule has 0 saturated carbocycles. The highest BCUT2D eigenvalue weighted by Gasteiger charge is 2.08. The quantitative estimate of drug-likeness (QED) is 0.557. The molecule has 0 saturated heterocycles. The maximum atomic E-state index is 11.3. The zero-order chi connectivity index (χ0) is 12.8. The molecule has 6 heteroatoms. The van der Waals surface area contributed by atoms with E-state index < -0.39 is 6.03 Å². The lowest BCUT2D eigenvalue weighted by molar-refractivity contribution is -0.117. The van der Waals surface area contributed by atoms with Gasteiger partial charge in [0.05, 0.1) is 5.75 Å². The van der Waals surface area contributed by atoms with Crippen LogP contribution in [0.4, 0.5) is 10.5 Å². The van der Waals surface area contributed by atoms with Crippen LogP contribution in [-0.2, 0) is 4.79 Å². The van der Waals surface area contributed by atoms with Crippen molar-refractivity contribution in [3.05, 3.63) is 23.8 Å². The number of hydrogen-bond acceptors (Lipinski definition) is 4. The van der Waals surface area contributed by atoms with Crippen molar-refractivity contribution in [1.29, 1.82) is 0 Å². The Labute approximate surface area is 104 Å². The molecule has 1 aromatic carbocycles. The van der Waals surface area contributed by atoms with Crippen LogP contribution in [0.15, 0.2) is 23.1 Å². The molecule has 0 spiro atoms. The van der Waals surface area contributed by atoms with Crippen LogP contribution in [0.2, 0.25) is 0 Å². The predicted molar refractivity (Wildman–Crippen MR) is 68.9 cm³/mol. The summed E-state index contributed by atoms with van der Waals surface area (Å²) in [7, 11) is 1.45. The number of amides is 3. The van der Waals surface area contributed by atoms with Gasteiger partial charge in [-0.25, -0.2) is 4.79 Å². The molecule has 1 rings (SSSR count). The van der Waals surface area contributed by atoms with Gasteiger partial charge in [0.25, 0.3) is 0 Å². The number of nitrogen functional groups attached to an aromatic ring is 1. The van der Waals surface area contributed by atoms with Gasteiger partial charge in [-0.05, 0) is 18.6 Å². The van der Waals surface area contributed by atoms with E-state index in [1.54, 1.807) is 0 Å². The van der Waals surface area contributed by atoms with E-state index in [-0.39, 0.29) is 11.7 Å². The van der Waals surface area contributed by atoms with Crippen molar-refractivity contribution in [1.82, 2.24) is 10.6 Å². The third-order valence-electron chi connectivity index (χ3n) is 2.12. The van der Waals surface area contributed by atoms with Crippen molar-refractivity contribution in [2.75, 3.05) is 18.5 Å². The summed E-state index contributed by atoms with van der Waals surface area (Å²) in [5.41, 5.74) is 7.51. The van der Waals surface area contributed by atoms with Gasteiger partial charge < -0.3 is 11.1 Å². The molecule has 0 unspecified atom stereocenters. The van der Waals surface area contributed by atoms with Crippen LogP contribution in [0.3, 0.4) is 0 Å². The Hall–Kier alpha value is -1.69. The number of nitrogens with two attached hydrogens (primary N) is 1. The molecule has 0 atom stereocenters. The summed E-state index contributed by atoms with van der Waals surface area (Å²) in [6, 6.07) is 5.13. The number of urea groups is 1. The van der Waals surface area contributed by atoms with Crippen molar-refractivity contribution in [2.45, 2.75) is 11.8 Å². The first kappa shape index (κ1) is 13.4. The van der Waals surface area contributed by atoms with Gasteiger partial charge in [-0.3, -0.25) is 10.1 Å². The molecule has 1 aromatic rings. The van der Waals surface area contributed by atoms with E-state index in [2.05, 4.69) is 10.6 Å². The Kier molecular flexibility index (Phi) is 4.84. The molecule has 92 valence electrons. The lowest BCUT2D eigenvalue weighted by Gasteiger charge is -2.07. The summed E-state index contributed by atoms with van der Waals surface area (Å²) in [5.74, 6) is -0.198. The molecule has 0 heterocycles. The molecule has 4 N–H and O–H groups in total. The number of nitrogens with one attached hydrogen (secondary N) is 2. The number of para-hydroxylation sites is 1. The zero-order valence-corrected chi connectivity index (χ0v) is 10.6. The molecular weight excluding hydrogens is 238 g/mol. The van der Waals surface area contributed by atoms with Crippen molar-refractivity contribution in [3.63, 3.8) is 0 Å². The molecule has 3 amide bonds. The summed E-state index contributed by atoms with van der Waals surface area (Å²) in [4.78, 5) is 23.1. The largest absolute Gasteiger partial charge is 0.398 e. The molecule has 0 aliphatic carbocycles. The van der Waals surface area contributed by atoms with Crippen LogP contribution in [-0.4, -0.2) is 24.7 Å². The average molecular weight is 253 g/mol. The molecule has 0 radical (unpaired) electrons. The number of imide groups is 1. The van der Waals surface area contributed by atoms with Gasteiger partial charge in [0.15, 0.2) is 0 Å². The Morgan fingerprint density at radius 2 is 2.12 bits per heavy atom. The lowest BCUT2D eigenvalue weighted by atomic mass is 10.2. The number of carbonyl (C=O) groups excluding carboxylic acids is 2. The van der Waals surface area contributed by atoms with Crippen LogP contribution in [0.5, 0.6) is 0 Å². The third-order valence-corrected chi connectivity index (χ3v) is 3.20. The van der Waals surface area contributed by atoms with Gasteiger partial charge in [0.1, 0.15) is 0 Å². The number of carbonyl (C=O) groups is 2. The monoisotopic (exact) mass is 253 g/mol. The SMILES string of the molecule is CNC(=O)NC(=O)CSc1cccc(C)c1N. The first-order valence-corrected chi connectivity index (χ1v) is 6.02. The van der Waals surface area contributed by atoms with Gasteiger partial charge >= 0.3 is 6.03 Å². The molecule has 0 aliphatic rings. The van der Waals surface area contributed by atoms with E-state index in [1.807, 2.05) is 25.1 Å². The minimum absolute atomic E-state index is 0.154. The van der Waals surface area contributed by atoms with Crippen molar-refractivity contribution in [3.8, 4) is 0 Å².